The van der Waals surface area contributed by atoms with Crippen molar-refractivity contribution in [3.63, 3.8) is 0 Å². The first kappa shape index (κ1) is 14.7. The van der Waals surface area contributed by atoms with Crippen LogP contribution in [0.25, 0.3) is 0 Å². The van der Waals surface area contributed by atoms with Crippen molar-refractivity contribution in [1.82, 2.24) is 0 Å². The number of carbonyl (C=O) groups excluding carboxylic acids is 2. The summed E-state index contributed by atoms with van der Waals surface area (Å²) in [5, 5.41) is 0. The number of hydrogen-bond donors (Lipinski definition) is 0. The summed E-state index contributed by atoms with van der Waals surface area (Å²) in [6, 6.07) is 0. The molecule has 3 fully saturated rings. The SMILES string of the molecule is CC1CC[C@@]2(C)C(=CCC3C4CCC(=O)[C@@]4(C)CC(=O)[C@@H]32)C1. The summed E-state index contributed by atoms with van der Waals surface area (Å²) < 4.78 is 0. The number of hydrogen-bond acceptors (Lipinski definition) is 2. The van der Waals surface area contributed by atoms with Crippen LogP contribution in [0.15, 0.2) is 11.6 Å². The molecule has 4 aliphatic carbocycles. The standard InChI is InChI=1S/C20H28O2/c1-12-8-9-19(2)13(10-12)4-5-14-15-6-7-17(22)20(15,3)11-16(21)18(14)19/h4,12,14-15,18H,5-11H2,1-3H3/t12?,14?,15?,18-,19+,20+/m1/s1. The minimum absolute atomic E-state index is 0.0828. The van der Waals surface area contributed by atoms with Crippen LogP contribution in [0.3, 0.4) is 0 Å². The maximum absolute atomic E-state index is 13.1. The first-order valence-corrected chi connectivity index (χ1v) is 9.12. The molecule has 0 radical (unpaired) electrons. The summed E-state index contributed by atoms with van der Waals surface area (Å²) in [4.78, 5) is 25.5. The van der Waals surface area contributed by atoms with Crippen molar-refractivity contribution in [1.29, 1.82) is 0 Å². The minimum Gasteiger partial charge on any atom is -0.299 e. The number of carbonyl (C=O) groups is 2. The Morgan fingerprint density at radius 1 is 1.14 bits per heavy atom. The maximum atomic E-state index is 13.1. The van der Waals surface area contributed by atoms with E-state index in [9.17, 15) is 9.59 Å². The van der Waals surface area contributed by atoms with Crippen LogP contribution in [0, 0.1) is 34.5 Å². The minimum atomic E-state index is -0.345. The fraction of sp³-hybridized carbons (Fsp3) is 0.800. The summed E-state index contributed by atoms with van der Waals surface area (Å²) in [6.45, 7) is 6.76. The molecular weight excluding hydrogens is 272 g/mol. The molecule has 0 bridgehead atoms. The smallest absolute Gasteiger partial charge is 0.139 e. The summed E-state index contributed by atoms with van der Waals surface area (Å²) in [5.41, 5.74) is 1.29. The zero-order chi connectivity index (χ0) is 15.7. The Morgan fingerprint density at radius 3 is 2.68 bits per heavy atom. The van der Waals surface area contributed by atoms with Gasteiger partial charge in [0.25, 0.3) is 0 Å². The fourth-order valence-electron chi connectivity index (χ4n) is 6.45. The van der Waals surface area contributed by atoms with Crippen molar-refractivity contribution in [2.75, 3.05) is 0 Å². The maximum Gasteiger partial charge on any atom is 0.139 e. The Hall–Kier alpha value is -0.920. The molecule has 0 N–H and O–H groups in total. The second kappa shape index (κ2) is 4.55. The molecule has 22 heavy (non-hydrogen) atoms. The van der Waals surface area contributed by atoms with Gasteiger partial charge in [-0.25, -0.2) is 0 Å². The van der Waals surface area contributed by atoms with Gasteiger partial charge in [-0.1, -0.05) is 32.4 Å². The van der Waals surface area contributed by atoms with Gasteiger partial charge in [-0.3, -0.25) is 9.59 Å². The summed E-state index contributed by atoms with van der Waals surface area (Å²) in [6.07, 6.45) is 9.28. The third-order valence-corrected chi connectivity index (χ3v) is 7.75. The van der Waals surface area contributed by atoms with E-state index in [4.69, 9.17) is 0 Å². The van der Waals surface area contributed by atoms with Gasteiger partial charge in [-0.2, -0.15) is 0 Å². The van der Waals surface area contributed by atoms with Crippen molar-refractivity contribution >= 4 is 11.6 Å². The molecule has 0 heterocycles. The Kier molecular flexibility index (Phi) is 3.03. The van der Waals surface area contributed by atoms with E-state index in [-0.39, 0.29) is 16.7 Å². The molecule has 0 aromatic heterocycles. The second-order valence-corrected chi connectivity index (χ2v) is 9.00. The highest BCUT2D eigenvalue weighted by molar-refractivity contribution is 5.95. The van der Waals surface area contributed by atoms with Crippen molar-refractivity contribution < 1.29 is 9.59 Å². The highest BCUT2D eigenvalue weighted by Crippen LogP contribution is 2.63. The molecule has 0 aromatic carbocycles. The zero-order valence-electron chi connectivity index (χ0n) is 14.2. The van der Waals surface area contributed by atoms with Gasteiger partial charge in [-0.05, 0) is 55.3 Å². The molecule has 0 aliphatic heterocycles. The van der Waals surface area contributed by atoms with E-state index < -0.39 is 0 Å². The molecule has 2 heteroatoms. The van der Waals surface area contributed by atoms with Crippen molar-refractivity contribution in [2.45, 2.75) is 65.7 Å². The topological polar surface area (TPSA) is 34.1 Å². The van der Waals surface area contributed by atoms with Gasteiger partial charge in [-0.15, -0.1) is 0 Å². The second-order valence-electron chi connectivity index (χ2n) is 9.00. The monoisotopic (exact) mass is 300 g/mol. The molecule has 4 rings (SSSR count). The average Bonchev–Trinajstić information content (AvgIpc) is 2.75. The summed E-state index contributed by atoms with van der Waals surface area (Å²) in [7, 11) is 0. The Bertz CT molecular complexity index is 574. The van der Waals surface area contributed by atoms with Crippen LogP contribution in [0.1, 0.15) is 65.7 Å². The van der Waals surface area contributed by atoms with E-state index in [1.165, 1.54) is 12.8 Å². The normalized spacial score (nSPS) is 51.0. The van der Waals surface area contributed by atoms with E-state index in [0.29, 0.717) is 36.2 Å². The molecule has 3 saturated carbocycles. The highest BCUT2D eigenvalue weighted by Gasteiger charge is 2.61. The van der Waals surface area contributed by atoms with Gasteiger partial charge in [0.05, 0.1) is 0 Å². The molecule has 3 unspecified atom stereocenters. The van der Waals surface area contributed by atoms with Crippen LogP contribution in [-0.4, -0.2) is 11.6 Å². The molecular formula is C20H28O2. The molecule has 2 nitrogen and oxygen atoms in total. The number of allylic oxidation sites excluding steroid dienone is 2. The van der Waals surface area contributed by atoms with Crippen LogP contribution in [-0.2, 0) is 9.59 Å². The van der Waals surface area contributed by atoms with E-state index in [0.717, 1.165) is 25.2 Å². The Morgan fingerprint density at radius 2 is 1.91 bits per heavy atom. The highest BCUT2D eigenvalue weighted by atomic mass is 16.1. The van der Waals surface area contributed by atoms with Crippen LogP contribution in [0.2, 0.25) is 0 Å². The lowest BCUT2D eigenvalue weighted by molar-refractivity contribution is -0.148. The van der Waals surface area contributed by atoms with E-state index in [1.54, 1.807) is 5.57 Å². The fourth-order valence-corrected chi connectivity index (χ4v) is 6.45. The number of rotatable bonds is 0. The third kappa shape index (κ3) is 1.73. The van der Waals surface area contributed by atoms with Crippen LogP contribution < -0.4 is 0 Å². The molecule has 6 atom stereocenters. The van der Waals surface area contributed by atoms with Gasteiger partial charge in [0.15, 0.2) is 0 Å². The molecule has 4 aliphatic rings. The molecule has 120 valence electrons. The first-order valence-electron chi connectivity index (χ1n) is 9.12. The number of ketones is 2. The molecule has 0 spiro atoms. The molecule has 0 aromatic rings. The lowest BCUT2D eigenvalue weighted by Gasteiger charge is -2.55. The largest absolute Gasteiger partial charge is 0.299 e. The average molecular weight is 300 g/mol. The van der Waals surface area contributed by atoms with E-state index in [1.807, 2.05) is 0 Å². The molecule has 0 amide bonds. The summed E-state index contributed by atoms with van der Waals surface area (Å²) >= 11 is 0. The van der Waals surface area contributed by atoms with Gasteiger partial charge in [0, 0.05) is 24.2 Å². The quantitative estimate of drug-likeness (QED) is 0.624. The van der Waals surface area contributed by atoms with E-state index in [2.05, 4.69) is 26.8 Å². The Balaban J connectivity index is 1.76. The van der Waals surface area contributed by atoms with Crippen LogP contribution in [0.4, 0.5) is 0 Å². The molecule has 0 saturated heterocycles. The van der Waals surface area contributed by atoms with Crippen molar-refractivity contribution in [3.8, 4) is 0 Å². The summed E-state index contributed by atoms with van der Waals surface area (Å²) in [5.74, 6) is 2.54. The third-order valence-electron chi connectivity index (χ3n) is 7.75. The number of fused-ring (bicyclic) bond motifs is 5. The first-order chi connectivity index (χ1) is 10.4. The van der Waals surface area contributed by atoms with Crippen molar-refractivity contribution in [2.24, 2.45) is 34.5 Å². The lowest BCUT2D eigenvalue weighted by atomic mass is 9.47. The van der Waals surface area contributed by atoms with E-state index >= 15 is 0 Å². The van der Waals surface area contributed by atoms with Gasteiger partial charge >= 0.3 is 0 Å². The van der Waals surface area contributed by atoms with Gasteiger partial charge < -0.3 is 0 Å². The predicted octanol–water partition coefficient (Wildman–Crippen LogP) is 4.33. The van der Waals surface area contributed by atoms with Gasteiger partial charge in [0.1, 0.15) is 11.6 Å². The predicted molar refractivity (Wildman–Crippen MR) is 86.3 cm³/mol. The van der Waals surface area contributed by atoms with Crippen molar-refractivity contribution in [3.05, 3.63) is 11.6 Å². The van der Waals surface area contributed by atoms with Crippen LogP contribution in [0.5, 0.6) is 0 Å². The number of Topliss-reactive ketones (excluding diaryl/α,β-unsaturated/α-hetero) is 2. The van der Waals surface area contributed by atoms with Crippen LogP contribution >= 0.6 is 0 Å². The van der Waals surface area contributed by atoms with Gasteiger partial charge in [0.2, 0.25) is 0 Å². The Labute approximate surface area is 133 Å². The lowest BCUT2D eigenvalue weighted by Crippen LogP contribution is -2.54. The zero-order valence-corrected chi connectivity index (χ0v) is 14.2.